The summed E-state index contributed by atoms with van der Waals surface area (Å²) in [4.78, 5) is 10.8. The Morgan fingerprint density at radius 1 is 1.38 bits per heavy atom. The lowest BCUT2D eigenvalue weighted by molar-refractivity contribution is -0.117. The summed E-state index contributed by atoms with van der Waals surface area (Å²) in [7, 11) is -1.84. The van der Waals surface area contributed by atoms with Crippen molar-refractivity contribution in [1.82, 2.24) is 0 Å². The van der Waals surface area contributed by atoms with Crippen LogP contribution < -0.4 is 0 Å². The first-order chi connectivity index (χ1) is 5.58. The minimum atomic E-state index is -1.84. The monoisotopic (exact) mass is 222 g/mol. The summed E-state index contributed by atoms with van der Waals surface area (Å²) in [5, 5.41) is -0.294. The van der Waals surface area contributed by atoms with Crippen LogP contribution in [-0.4, -0.2) is 19.7 Å². The molecule has 2 nitrogen and oxygen atoms in total. The number of hydrogen-bond donors (Lipinski definition) is 0. The van der Waals surface area contributed by atoms with Crippen LogP contribution in [0.1, 0.15) is 27.7 Å². The fourth-order valence-corrected chi connectivity index (χ4v) is 2.13. The van der Waals surface area contributed by atoms with Gasteiger partial charge in [0.2, 0.25) is 5.24 Å². The zero-order valence-corrected chi connectivity index (χ0v) is 11.0. The molecule has 0 aliphatic heterocycles. The van der Waals surface area contributed by atoms with Crippen LogP contribution in [0.3, 0.4) is 0 Å². The van der Waals surface area contributed by atoms with Crippen molar-refractivity contribution in [3.8, 4) is 0 Å². The van der Waals surface area contributed by atoms with E-state index >= 15 is 0 Å². The SMILES string of the molecule is C[C@H](O[Si](C)(C)C(C)(C)C)C(=O)Cl. The first-order valence-corrected chi connectivity index (χ1v) is 7.74. The van der Waals surface area contributed by atoms with Gasteiger partial charge in [0, 0.05) is 0 Å². The average Bonchev–Trinajstić information content (AvgIpc) is 1.83. The summed E-state index contributed by atoms with van der Waals surface area (Å²) < 4.78 is 5.72. The Labute approximate surface area is 86.7 Å². The summed E-state index contributed by atoms with van der Waals surface area (Å²) in [6, 6.07) is 0. The number of carbonyl (C=O) groups excluding carboxylic acids is 1. The van der Waals surface area contributed by atoms with Gasteiger partial charge in [0.25, 0.3) is 0 Å². The van der Waals surface area contributed by atoms with Crippen molar-refractivity contribution in [3.63, 3.8) is 0 Å². The molecule has 78 valence electrons. The Morgan fingerprint density at radius 3 is 2.00 bits per heavy atom. The molecular weight excluding hydrogens is 204 g/mol. The van der Waals surface area contributed by atoms with Gasteiger partial charge in [-0.2, -0.15) is 0 Å². The molecule has 0 fully saturated rings. The van der Waals surface area contributed by atoms with Crippen LogP contribution in [0.25, 0.3) is 0 Å². The molecule has 1 atom stereocenters. The maximum atomic E-state index is 10.8. The molecule has 0 aliphatic carbocycles. The van der Waals surface area contributed by atoms with E-state index in [1.165, 1.54) is 0 Å². The van der Waals surface area contributed by atoms with Gasteiger partial charge < -0.3 is 4.43 Å². The third-order valence-electron chi connectivity index (χ3n) is 2.60. The fourth-order valence-electron chi connectivity index (χ4n) is 0.665. The molecule has 0 radical (unpaired) electrons. The van der Waals surface area contributed by atoms with E-state index in [9.17, 15) is 4.79 Å². The molecule has 0 aromatic carbocycles. The Morgan fingerprint density at radius 2 is 1.77 bits per heavy atom. The van der Waals surface area contributed by atoms with Crippen LogP contribution in [0, 0.1) is 0 Å². The molecule has 0 rings (SSSR count). The van der Waals surface area contributed by atoms with Gasteiger partial charge in [0.1, 0.15) is 6.10 Å². The topological polar surface area (TPSA) is 26.3 Å². The van der Waals surface area contributed by atoms with Gasteiger partial charge in [-0.25, -0.2) is 0 Å². The molecule has 0 spiro atoms. The number of rotatable bonds is 3. The number of carbonyl (C=O) groups is 1. The molecule has 4 heteroatoms. The highest BCUT2D eigenvalue weighted by molar-refractivity contribution is 6.74. The van der Waals surface area contributed by atoms with Gasteiger partial charge >= 0.3 is 0 Å². The first kappa shape index (κ1) is 13.1. The van der Waals surface area contributed by atoms with E-state index in [2.05, 4.69) is 33.9 Å². The molecule has 0 unspecified atom stereocenters. The summed E-state index contributed by atoms with van der Waals surface area (Å²) in [5.74, 6) is 0. The highest BCUT2D eigenvalue weighted by Crippen LogP contribution is 2.37. The smallest absolute Gasteiger partial charge is 0.248 e. The van der Waals surface area contributed by atoms with Crippen LogP contribution in [-0.2, 0) is 9.22 Å². The van der Waals surface area contributed by atoms with Crippen LogP contribution in [0.5, 0.6) is 0 Å². The Bertz CT molecular complexity index is 196. The summed E-state index contributed by atoms with van der Waals surface area (Å²) in [6.45, 7) is 12.3. The third kappa shape index (κ3) is 3.79. The van der Waals surface area contributed by atoms with E-state index in [1.54, 1.807) is 6.92 Å². The standard InChI is InChI=1S/C9H19ClO2Si/c1-7(8(10)11)12-13(5,6)9(2,3)4/h7H,1-6H3/t7-/m0/s1. The van der Waals surface area contributed by atoms with E-state index in [1.807, 2.05) is 0 Å². The number of halogens is 1. The molecule has 0 saturated carbocycles. The van der Waals surface area contributed by atoms with Gasteiger partial charge in [-0.3, -0.25) is 4.79 Å². The molecule has 13 heavy (non-hydrogen) atoms. The second-order valence-corrected chi connectivity index (χ2v) is 9.95. The van der Waals surface area contributed by atoms with E-state index in [4.69, 9.17) is 16.0 Å². The number of hydrogen-bond acceptors (Lipinski definition) is 2. The van der Waals surface area contributed by atoms with Gasteiger partial charge in [-0.05, 0) is 36.7 Å². The quantitative estimate of drug-likeness (QED) is 0.542. The van der Waals surface area contributed by atoms with Crippen molar-refractivity contribution in [2.75, 3.05) is 0 Å². The van der Waals surface area contributed by atoms with E-state index < -0.39 is 19.7 Å². The molecule has 0 amide bonds. The zero-order valence-electron chi connectivity index (χ0n) is 9.27. The zero-order chi connectivity index (χ0) is 10.9. The van der Waals surface area contributed by atoms with Gasteiger partial charge in [-0.15, -0.1) is 0 Å². The molecular formula is C9H19ClO2Si. The molecule has 0 aromatic rings. The van der Waals surface area contributed by atoms with Crippen molar-refractivity contribution in [3.05, 3.63) is 0 Å². The van der Waals surface area contributed by atoms with Crippen LogP contribution in [0.4, 0.5) is 0 Å². The lowest BCUT2D eigenvalue weighted by Crippen LogP contribution is -2.44. The molecule has 0 heterocycles. The molecule has 0 N–H and O–H groups in total. The first-order valence-electron chi connectivity index (χ1n) is 4.45. The highest BCUT2D eigenvalue weighted by Gasteiger charge is 2.39. The maximum absolute atomic E-state index is 10.8. The van der Waals surface area contributed by atoms with E-state index in [-0.39, 0.29) is 5.04 Å². The fraction of sp³-hybridized carbons (Fsp3) is 0.889. The molecule has 0 aromatic heterocycles. The molecule has 0 saturated heterocycles. The van der Waals surface area contributed by atoms with Gasteiger partial charge in [0.05, 0.1) is 0 Å². The minimum Gasteiger partial charge on any atom is -0.406 e. The lowest BCUT2D eigenvalue weighted by Gasteiger charge is -2.37. The summed E-state index contributed by atoms with van der Waals surface area (Å²) in [5.41, 5.74) is 0. The second kappa shape index (κ2) is 4.11. The highest BCUT2D eigenvalue weighted by atomic mass is 35.5. The summed E-state index contributed by atoms with van der Waals surface area (Å²) in [6.07, 6.45) is -0.484. The Kier molecular flexibility index (Phi) is 4.15. The minimum absolute atomic E-state index is 0.119. The van der Waals surface area contributed by atoms with Crippen LogP contribution in [0.2, 0.25) is 18.1 Å². The van der Waals surface area contributed by atoms with Crippen LogP contribution >= 0.6 is 11.6 Å². The largest absolute Gasteiger partial charge is 0.406 e. The van der Waals surface area contributed by atoms with Crippen LogP contribution in [0.15, 0.2) is 0 Å². The van der Waals surface area contributed by atoms with Crippen molar-refractivity contribution in [1.29, 1.82) is 0 Å². The van der Waals surface area contributed by atoms with Gasteiger partial charge in [-0.1, -0.05) is 20.8 Å². The Balaban J connectivity index is 4.43. The maximum Gasteiger partial charge on any atom is 0.248 e. The van der Waals surface area contributed by atoms with Crippen molar-refractivity contribution in [2.45, 2.75) is 51.9 Å². The predicted octanol–water partition coefficient (Wildman–Crippen LogP) is 3.16. The second-order valence-electron chi connectivity index (χ2n) is 4.82. The lowest BCUT2D eigenvalue weighted by atomic mass is 10.2. The van der Waals surface area contributed by atoms with Gasteiger partial charge in [0.15, 0.2) is 8.32 Å². The molecule has 0 aliphatic rings. The van der Waals surface area contributed by atoms with Crippen molar-refractivity contribution < 1.29 is 9.22 Å². The predicted molar refractivity (Wildman–Crippen MR) is 58.6 cm³/mol. The van der Waals surface area contributed by atoms with Crippen molar-refractivity contribution >= 4 is 25.2 Å². The third-order valence-corrected chi connectivity index (χ3v) is 7.46. The van der Waals surface area contributed by atoms with E-state index in [0.29, 0.717) is 0 Å². The summed E-state index contributed by atoms with van der Waals surface area (Å²) >= 11 is 5.34. The average molecular weight is 223 g/mol. The van der Waals surface area contributed by atoms with E-state index in [0.717, 1.165) is 0 Å². The Hall–Kier alpha value is 0.137. The normalized spacial score (nSPS) is 15.6. The van der Waals surface area contributed by atoms with Crippen molar-refractivity contribution in [2.24, 2.45) is 0 Å². The molecule has 0 bridgehead atoms.